The lowest BCUT2D eigenvalue weighted by atomic mass is 10.2. The van der Waals surface area contributed by atoms with Crippen molar-refractivity contribution >= 4 is 35.2 Å². The minimum atomic E-state index is -0.478. The number of primary amides is 1. The number of rotatable bonds is 4. The van der Waals surface area contributed by atoms with E-state index in [9.17, 15) is 9.59 Å². The fourth-order valence-electron chi connectivity index (χ4n) is 2.18. The van der Waals surface area contributed by atoms with Gasteiger partial charge in [0, 0.05) is 40.3 Å². The lowest BCUT2D eigenvalue weighted by molar-refractivity contribution is -0.113. The van der Waals surface area contributed by atoms with Gasteiger partial charge in [-0.15, -0.1) is 0 Å². The lowest BCUT2D eigenvalue weighted by Gasteiger charge is -2.06. The molecule has 1 aromatic heterocycles. The quantitative estimate of drug-likeness (QED) is 0.656. The van der Waals surface area contributed by atoms with Crippen molar-refractivity contribution in [2.75, 3.05) is 5.32 Å². The van der Waals surface area contributed by atoms with E-state index in [1.54, 1.807) is 36.7 Å². The fraction of sp³-hybridized carbons (Fsp3) is 0.0476. The molecule has 142 valence electrons. The van der Waals surface area contributed by atoms with Crippen LogP contribution in [0.4, 0.5) is 5.69 Å². The van der Waals surface area contributed by atoms with Crippen LogP contribution in [0.2, 0.25) is 5.02 Å². The summed E-state index contributed by atoms with van der Waals surface area (Å²) in [6, 6.07) is 14.5. The molecule has 0 aliphatic rings. The van der Waals surface area contributed by atoms with E-state index in [1.165, 1.54) is 12.4 Å². The number of amides is 2. The Hall–Kier alpha value is -3.51. The minimum Gasteiger partial charge on any atom is -0.366 e. The maximum absolute atomic E-state index is 11.9. The van der Waals surface area contributed by atoms with Crippen LogP contribution in [0, 0.1) is 6.92 Å². The predicted octanol–water partition coefficient (Wildman–Crippen LogP) is 3.88. The number of carbonyl (C=O) groups is 2. The number of nitrogens with two attached hydrogens (primary N) is 1. The molecule has 0 fully saturated rings. The van der Waals surface area contributed by atoms with Gasteiger partial charge in [0.05, 0.1) is 0 Å². The SMILES string of the molecule is Cc1cc(Cl)cc(NC(=O)c2ccccc2)c1.NC(=O)C=Cc1cncnc1. The highest BCUT2D eigenvalue weighted by atomic mass is 35.5. The van der Waals surface area contributed by atoms with Crippen molar-refractivity contribution in [1.29, 1.82) is 0 Å². The third-order valence-electron chi connectivity index (χ3n) is 3.36. The Morgan fingerprint density at radius 2 is 1.75 bits per heavy atom. The number of aryl methyl sites for hydroxylation is 1. The van der Waals surface area contributed by atoms with Gasteiger partial charge in [0.15, 0.2) is 0 Å². The topological polar surface area (TPSA) is 98.0 Å². The Kier molecular flexibility index (Phi) is 7.87. The Morgan fingerprint density at radius 3 is 2.36 bits per heavy atom. The van der Waals surface area contributed by atoms with E-state index in [-0.39, 0.29) is 5.91 Å². The van der Waals surface area contributed by atoms with Gasteiger partial charge in [-0.25, -0.2) is 9.97 Å². The van der Waals surface area contributed by atoms with Crippen molar-refractivity contribution in [3.63, 3.8) is 0 Å². The van der Waals surface area contributed by atoms with Crippen molar-refractivity contribution in [3.05, 3.63) is 95.0 Å². The number of carbonyl (C=O) groups excluding carboxylic acids is 2. The molecular formula is C21H19ClN4O2. The first-order valence-electron chi connectivity index (χ1n) is 8.30. The first-order valence-corrected chi connectivity index (χ1v) is 8.68. The van der Waals surface area contributed by atoms with Gasteiger partial charge in [-0.2, -0.15) is 0 Å². The number of nitrogens with one attached hydrogen (secondary N) is 1. The average Bonchev–Trinajstić information content (AvgIpc) is 2.67. The van der Waals surface area contributed by atoms with Crippen LogP contribution in [0.25, 0.3) is 6.08 Å². The summed E-state index contributed by atoms with van der Waals surface area (Å²) in [5, 5.41) is 3.44. The number of halogens is 1. The standard InChI is InChI=1S/C14H12ClNO.C7H7N3O/c1-10-7-12(15)9-13(8-10)16-14(17)11-5-3-2-4-6-11;8-7(11)2-1-6-3-9-5-10-4-6/h2-9H,1H3,(H,16,17);1-5H,(H2,8,11). The first kappa shape index (κ1) is 20.8. The summed E-state index contributed by atoms with van der Waals surface area (Å²) in [6.45, 7) is 1.93. The molecule has 28 heavy (non-hydrogen) atoms. The highest BCUT2D eigenvalue weighted by Crippen LogP contribution is 2.19. The Bertz CT molecular complexity index is 940. The second-order valence-electron chi connectivity index (χ2n) is 5.74. The van der Waals surface area contributed by atoms with Crippen LogP contribution in [0.5, 0.6) is 0 Å². The highest BCUT2D eigenvalue weighted by Gasteiger charge is 2.05. The monoisotopic (exact) mass is 394 g/mol. The normalized spacial score (nSPS) is 10.1. The molecule has 0 radical (unpaired) electrons. The van der Waals surface area contributed by atoms with Crippen LogP contribution in [-0.2, 0) is 4.79 Å². The first-order chi connectivity index (χ1) is 13.4. The molecule has 2 amide bonds. The third kappa shape index (κ3) is 7.39. The smallest absolute Gasteiger partial charge is 0.255 e. The van der Waals surface area contributed by atoms with Crippen LogP contribution in [0.3, 0.4) is 0 Å². The molecule has 1 heterocycles. The van der Waals surface area contributed by atoms with E-state index in [4.69, 9.17) is 17.3 Å². The lowest BCUT2D eigenvalue weighted by Crippen LogP contribution is -2.11. The molecular weight excluding hydrogens is 376 g/mol. The van der Waals surface area contributed by atoms with E-state index >= 15 is 0 Å². The van der Waals surface area contributed by atoms with E-state index in [1.807, 2.05) is 37.3 Å². The molecule has 0 spiro atoms. The summed E-state index contributed by atoms with van der Waals surface area (Å²) in [5.74, 6) is -0.610. The summed E-state index contributed by atoms with van der Waals surface area (Å²) < 4.78 is 0. The third-order valence-corrected chi connectivity index (χ3v) is 3.57. The Labute approximate surface area is 168 Å². The van der Waals surface area contributed by atoms with Gasteiger partial charge in [-0.1, -0.05) is 29.8 Å². The number of anilines is 1. The molecule has 0 bridgehead atoms. The van der Waals surface area contributed by atoms with Gasteiger partial charge in [-0.05, 0) is 48.9 Å². The van der Waals surface area contributed by atoms with Crippen molar-refractivity contribution < 1.29 is 9.59 Å². The largest absolute Gasteiger partial charge is 0.366 e. The van der Waals surface area contributed by atoms with Crippen molar-refractivity contribution in [3.8, 4) is 0 Å². The number of benzene rings is 2. The van der Waals surface area contributed by atoms with Crippen LogP contribution in [0.15, 0.2) is 73.3 Å². The van der Waals surface area contributed by atoms with Crippen molar-refractivity contribution in [1.82, 2.24) is 9.97 Å². The summed E-state index contributed by atoms with van der Waals surface area (Å²) >= 11 is 5.93. The van der Waals surface area contributed by atoms with E-state index < -0.39 is 5.91 Å². The minimum absolute atomic E-state index is 0.132. The van der Waals surface area contributed by atoms with Gasteiger partial charge in [-0.3, -0.25) is 9.59 Å². The van der Waals surface area contributed by atoms with E-state index in [0.29, 0.717) is 16.3 Å². The molecule has 3 rings (SSSR count). The number of hydrogen-bond acceptors (Lipinski definition) is 4. The summed E-state index contributed by atoms with van der Waals surface area (Å²) in [5.41, 5.74) is 7.99. The Morgan fingerprint density at radius 1 is 1.07 bits per heavy atom. The zero-order valence-electron chi connectivity index (χ0n) is 15.2. The van der Waals surface area contributed by atoms with Crippen molar-refractivity contribution in [2.24, 2.45) is 5.73 Å². The molecule has 0 aliphatic carbocycles. The maximum Gasteiger partial charge on any atom is 0.255 e. The van der Waals surface area contributed by atoms with E-state index in [2.05, 4.69) is 15.3 Å². The van der Waals surface area contributed by atoms with Gasteiger partial charge >= 0.3 is 0 Å². The zero-order valence-corrected chi connectivity index (χ0v) is 15.9. The molecule has 3 aromatic rings. The summed E-state index contributed by atoms with van der Waals surface area (Å²) in [4.78, 5) is 29.6. The second kappa shape index (κ2) is 10.6. The van der Waals surface area contributed by atoms with Gasteiger partial charge in [0.25, 0.3) is 5.91 Å². The fourth-order valence-corrected chi connectivity index (χ4v) is 2.47. The molecule has 0 saturated heterocycles. The summed E-state index contributed by atoms with van der Waals surface area (Å²) in [6.07, 6.45) is 7.42. The molecule has 3 N–H and O–H groups in total. The molecule has 2 aromatic carbocycles. The van der Waals surface area contributed by atoms with Crippen LogP contribution in [-0.4, -0.2) is 21.8 Å². The van der Waals surface area contributed by atoms with Gasteiger partial charge < -0.3 is 11.1 Å². The molecule has 0 saturated carbocycles. The summed E-state index contributed by atoms with van der Waals surface area (Å²) in [7, 11) is 0. The van der Waals surface area contributed by atoms with Gasteiger partial charge in [0.2, 0.25) is 5.91 Å². The predicted molar refractivity (Wildman–Crippen MR) is 111 cm³/mol. The number of nitrogens with zero attached hydrogens (tertiary/aromatic N) is 2. The number of hydrogen-bond donors (Lipinski definition) is 2. The average molecular weight is 395 g/mol. The van der Waals surface area contributed by atoms with E-state index in [0.717, 1.165) is 11.1 Å². The number of aromatic nitrogens is 2. The van der Waals surface area contributed by atoms with Gasteiger partial charge in [0.1, 0.15) is 6.33 Å². The van der Waals surface area contributed by atoms with Crippen LogP contribution in [0.1, 0.15) is 21.5 Å². The maximum atomic E-state index is 11.9. The van der Waals surface area contributed by atoms with Crippen LogP contribution < -0.4 is 11.1 Å². The second-order valence-corrected chi connectivity index (χ2v) is 6.18. The van der Waals surface area contributed by atoms with Crippen molar-refractivity contribution in [2.45, 2.75) is 6.92 Å². The molecule has 0 aliphatic heterocycles. The van der Waals surface area contributed by atoms with Crippen LogP contribution >= 0.6 is 11.6 Å². The molecule has 7 heteroatoms. The molecule has 6 nitrogen and oxygen atoms in total. The molecule has 0 unspecified atom stereocenters. The zero-order chi connectivity index (χ0) is 20.4. The molecule has 0 atom stereocenters. The highest BCUT2D eigenvalue weighted by molar-refractivity contribution is 6.31. The Balaban J connectivity index is 0.000000221.